The highest BCUT2D eigenvalue weighted by atomic mass is 14.2. The number of fused-ring (bicyclic) bond motifs is 5. The number of hydrogen-bond donors (Lipinski definition) is 0. The van der Waals surface area contributed by atoms with E-state index in [2.05, 4.69) is 97.1 Å². The molecular formula is C30H16. The van der Waals surface area contributed by atoms with Crippen LogP contribution in [0, 0.1) is 0 Å². The second-order valence-corrected chi connectivity index (χ2v) is 8.49. The molecule has 0 aliphatic carbocycles. The SMILES string of the molecule is c1cc2ccc3c4ccc5cccc6c7ccccc7c(c7ccc(c1)c2c37)c4c56. The number of benzene rings is 8. The topological polar surface area (TPSA) is 0 Å². The van der Waals surface area contributed by atoms with Gasteiger partial charge in [-0.1, -0.05) is 97.1 Å². The van der Waals surface area contributed by atoms with Gasteiger partial charge < -0.3 is 0 Å². The quantitative estimate of drug-likeness (QED) is 0.183. The van der Waals surface area contributed by atoms with Crippen molar-refractivity contribution in [3.05, 3.63) is 97.1 Å². The van der Waals surface area contributed by atoms with Gasteiger partial charge in [0.2, 0.25) is 0 Å². The van der Waals surface area contributed by atoms with Gasteiger partial charge in [0.15, 0.2) is 0 Å². The Hall–Kier alpha value is -3.90. The Morgan fingerprint density at radius 3 is 1.47 bits per heavy atom. The molecule has 0 saturated carbocycles. The van der Waals surface area contributed by atoms with Crippen molar-refractivity contribution in [3.63, 3.8) is 0 Å². The first kappa shape index (κ1) is 15.0. The van der Waals surface area contributed by atoms with E-state index in [1.165, 1.54) is 75.4 Å². The summed E-state index contributed by atoms with van der Waals surface area (Å²) in [5.41, 5.74) is 0. The molecule has 0 fully saturated rings. The lowest BCUT2D eigenvalue weighted by molar-refractivity contribution is 1.79. The Morgan fingerprint density at radius 1 is 0.233 bits per heavy atom. The molecule has 0 aliphatic heterocycles. The summed E-state index contributed by atoms with van der Waals surface area (Å²) >= 11 is 0. The summed E-state index contributed by atoms with van der Waals surface area (Å²) in [6.07, 6.45) is 0. The monoisotopic (exact) mass is 376 g/mol. The third-order valence-electron chi connectivity index (χ3n) is 7.12. The van der Waals surface area contributed by atoms with E-state index in [0.717, 1.165) is 0 Å². The van der Waals surface area contributed by atoms with Crippen molar-refractivity contribution < 1.29 is 0 Å². The lowest BCUT2D eigenvalue weighted by atomic mass is 9.83. The highest BCUT2D eigenvalue weighted by molar-refractivity contribution is 6.44. The summed E-state index contributed by atoms with van der Waals surface area (Å²) in [6.45, 7) is 0. The van der Waals surface area contributed by atoms with Crippen molar-refractivity contribution in [1.29, 1.82) is 0 Å². The highest BCUT2D eigenvalue weighted by Crippen LogP contribution is 2.48. The maximum Gasteiger partial charge on any atom is -0.000785 e. The first-order valence-corrected chi connectivity index (χ1v) is 10.5. The van der Waals surface area contributed by atoms with Crippen LogP contribution in [0.25, 0.3) is 75.4 Å². The average molecular weight is 376 g/mol. The van der Waals surface area contributed by atoms with Gasteiger partial charge in [0.1, 0.15) is 0 Å². The molecule has 0 amide bonds. The molecule has 0 radical (unpaired) electrons. The van der Waals surface area contributed by atoms with Gasteiger partial charge in [0.05, 0.1) is 0 Å². The van der Waals surface area contributed by atoms with Crippen LogP contribution in [0.2, 0.25) is 0 Å². The van der Waals surface area contributed by atoms with Crippen molar-refractivity contribution in [2.75, 3.05) is 0 Å². The standard InChI is InChI=1S/C30H16/c1-2-9-22-20(8-1)21-10-4-7-19-12-15-24-23-14-11-17-5-3-6-18-13-16-25(28(23)26(17)18)29(22)30(24)27(19)21/h1-16H. The minimum Gasteiger partial charge on any atom is -0.0616 e. The molecule has 0 aliphatic rings. The fourth-order valence-electron chi connectivity index (χ4n) is 5.95. The van der Waals surface area contributed by atoms with E-state index in [4.69, 9.17) is 0 Å². The molecule has 0 bridgehead atoms. The minimum absolute atomic E-state index is 1.32. The Kier molecular flexibility index (Phi) is 2.49. The third kappa shape index (κ3) is 1.58. The predicted molar refractivity (Wildman–Crippen MR) is 131 cm³/mol. The zero-order chi connectivity index (χ0) is 19.4. The molecule has 136 valence electrons. The molecule has 0 heteroatoms. The third-order valence-corrected chi connectivity index (χ3v) is 7.12. The lowest BCUT2D eigenvalue weighted by Gasteiger charge is -2.20. The van der Waals surface area contributed by atoms with Crippen molar-refractivity contribution >= 4 is 75.4 Å². The second-order valence-electron chi connectivity index (χ2n) is 8.49. The molecule has 0 spiro atoms. The Labute approximate surface area is 172 Å². The summed E-state index contributed by atoms with van der Waals surface area (Å²) < 4.78 is 0. The van der Waals surface area contributed by atoms with Crippen LogP contribution in [0.5, 0.6) is 0 Å². The van der Waals surface area contributed by atoms with Crippen LogP contribution < -0.4 is 0 Å². The van der Waals surface area contributed by atoms with E-state index in [9.17, 15) is 0 Å². The molecule has 8 aromatic rings. The fourth-order valence-corrected chi connectivity index (χ4v) is 5.95. The van der Waals surface area contributed by atoms with Crippen molar-refractivity contribution in [1.82, 2.24) is 0 Å². The molecule has 8 rings (SSSR count). The van der Waals surface area contributed by atoms with Crippen LogP contribution >= 0.6 is 0 Å². The van der Waals surface area contributed by atoms with Crippen molar-refractivity contribution in [2.45, 2.75) is 0 Å². The Morgan fingerprint density at radius 2 is 0.700 bits per heavy atom. The number of rotatable bonds is 0. The van der Waals surface area contributed by atoms with Gasteiger partial charge in [-0.3, -0.25) is 0 Å². The van der Waals surface area contributed by atoms with Gasteiger partial charge in [-0.25, -0.2) is 0 Å². The number of hydrogen-bond acceptors (Lipinski definition) is 0. The van der Waals surface area contributed by atoms with Crippen LogP contribution in [0.1, 0.15) is 0 Å². The maximum absolute atomic E-state index is 2.35. The summed E-state index contributed by atoms with van der Waals surface area (Å²) in [5, 5.41) is 19.1. The van der Waals surface area contributed by atoms with E-state index in [0.29, 0.717) is 0 Å². The lowest BCUT2D eigenvalue weighted by Crippen LogP contribution is -1.91. The highest BCUT2D eigenvalue weighted by Gasteiger charge is 2.19. The van der Waals surface area contributed by atoms with E-state index in [1.54, 1.807) is 0 Å². The molecule has 0 heterocycles. The van der Waals surface area contributed by atoms with Crippen LogP contribution in [0.3, 0.4) is 0 Å². The molecular weight excluding hydrogens is 360 g/mol. The minimum atomic E-state index is 1.32. The molecule has 30 heavy (non-hydrogen) atoms. The fraction of sp³-hybridized carbons (Fsp3) is 0. The maximum atomic E-state index is 2.35. The van der Waals surface area contributed by atoms with Gasteiger partial charge in [0, 0.05) is 0 Å². The summed E-state index contributed by atoms with van der Waals surface area (Å²) in [4.78, 5) is 0. The summed E-state index contributed by atoms with van der Waals surface area (Å²) in [7, 11) is 0. The molecule has 0 unspecified atom stereocenters. The molecule has 8 aromatic carbocycles. The van der Waals surface area contributed by atoms with Crippen LogP contribution in [-0.4, -0.2) is 0 Å². The summed E-state index contributed by atoms with van der Waals surface area (Å²) in [5.74, 6) is 0. The molecule has 0 nitrogen and oxygen atoms in total. The predicted octanol–water partition coefficient (Wildman–Crippen LogP) is 8.63. The molecule has 0 N–H and O–H groups in total. The van der Waals surface area contributed by atoms with Crippen molar-refractivity contribution in [3.8, 4) is 0 Å². The first-order valence-electron chi connectivity index (χ1n) is 10.5. The van der Waals surface area contributed by atoms with Gasteiger partial charge >= 0.3 is 0 Å². The summed E-state index contributed by atoms with van der Waals surface area (Å²) in [6, 6.07) is 36.2. The molecule has 0 saturated heterocycles. The van der Waals surface area contributed by atoms with E-state index in [1.807, 2.05) is 0 Å². The van der Waals surface area contributed by atoms with Crippen LogP contribution in [-0.2, 0) is 0 Å². The van der Waals surface area contributed by atoms with Crippen LogP contribution in [0.15, 0.2) is 97.1 Å². The zero-order valence-electron chi connectivity index (χ0n) is 16.2. The normalized spacial score (nSPS) is 12.7. The smallest absolute Gasteiger partial charge is 0.000785 e. The molecule has 0 atom stereocenters. The Bertz CT molecular complexity index is 1920. The largest absolute Gasteiger partial charge is 0.0616 e. The van der Waals surface area contributed by atoms with E-state index in [-0.39, 0.29) is 0 Å². The first-order chi connectivity index (χ1) is 14.9. The van der Waals surface area contributed by atoms with E-state index >= 15 is 0 Å². The van der Waals surface area contributed by atoms with Gasteiger partial charge in [-0.15, -0.1) is 0 Å². The molecule has 0 aromatic heterocycles. The van der Waals surface area contributed by atoms with Crippen LogP contribution in [0.4, 0.5) is 0 Å². The van der Waals surface area contributed by atoms with Gasteiger partial charge in [-0.05, 0) is 75.4 Å². The second kappa shape index (κ2) is 4.98. The zero-order valence-corrected chi connectivity index (χ0v) is 16.2. The van der Waals surface area contributed by atoms with Gasteiger partial charge in [-0.2, -0.15) is 0 Å². The van der Waals surface area contributed by atoms with Crippen molar-refractivity contribution in [2.24, 2.45) is 0 Å². The van der Waals surface area contributed by atoms with Gasteiger partial charge in [0.25, 0.3) is 0 Å². The average Bonchev–Trinajstić information content (AvgIpc) is 2.81. The van der Waals surface area contributed by atoms with E-state index < -0.39 is 0 Å². The Balaban J connectivity index is 1.88.